The highest BCUT2D eigenvalue weighted by molar-refractivity contribution is 6.00. The van der Waals surface area contributed by atoms with Crippen molar-refractivity contribution in [1.82, 2.24) is 33.9 Å². The molecule has 10 nitrogen and oxygen atoms in total. The SMILES string of the molecule is COc1cc(C(=O)N2CC3CC4CC2[C@H]43)cc2nc(-c3cc4ccccc4n3CC3CC3)n(CC3CN(C(=O)c4ncccn4)C3)c12. The topological polar surface area (TPSA) is 98.4 Å². The van der Waals surface area contributed by atoms with Crippen molar-refractivity contribution in [3.05, 3.63) is 72.3 Å². The predicted molar refractivity (Wildman–Crippen MR) is 176 cm³/mol. The normalized spacial score (nSPS) is 24.6. The first-order valence-electron chi connectivity index (χ1n) is 17.1. The smallest absolute Gasteiger partial charge is 0.291 e. The lowest BCUT2D eigenvalue weighted by Gasteiger charge is -2.52. The van der Waals surface area contributed by atoms with Crippen LogP contribution in [0, 0.1) is 29.6 Å². The van der Waals surface area contributed by atoms with Gasteiger partial charge in [0.1, 0.15) is 11.3 Å². The molecule has 3 aromatic heterocycles. The summed E-state index contributed by atoms with van der Waals surface area (Å²) in [6.07, 6.45) is 8.12. The van der Waals surface area contributed by atoms with Gasteiger partial charge in [-0.25, -0.2) is 15.0 Å². The molecule has 0 N–H and O–H groups in total. The summed E-state index contributed by atoms with van der Waals surface area (Å²) < 4.78 is 10.8. The van der Waals surface area contributed by atoms with Crippen molar-refractivity contribution >= 4 is 33.8 Å². The molecule has 10 heteroatoms. The summed E-state index contributed by atoms with van der Waals surface area (Å²) in [4.78, 5) is 44.6. The second kappa shape index (κ2) is 10.1. The molecular formula is C37H37N7O3. The molecule has 0 bridgehead atoms. The van der Waals surface area contributed by atoms with E-state index in [1.54, 1.807) is 25.6 Å². The van der Waals surface area contributed by atoms with Crippen molar-refractivity contribution in [2.75, 3.05) is 26.7 Å². The van der Waals surface area contributed by atoms with E-state index in [9.17, 15) is 9.59 Å². The average Bonchev–Trinajstić information content (AvgIpc) is 3.72. The largest absolute Gasteiger partial charge is 0.494 e. The molecular weight excluding hydrogens is 590 g/mol. The molecule has 5 heterocycles. The predicted octanol–water partition coefficient (Wildman–Crippen LogP) is 5.12. The van der Waals surface area contributed by atoms with Gasteiger partial charge >= 0.3 is 0 Å². The molecule has 3 aliphatic carbocycles. The first-order valence-corrected chi connectivity index (χ1v) is 17.1. The molecule has 238 valence electrons. The molecule has 2 amide bonds. The fourth-order valence-corrected chi connectivity index (χ4v) is 9.06. The minimum absolute atomic E-state index is 0.0956. The lowest BCUT2D eigenvalue weighted by molar-refractivity contribution is -0.0204. The number of ether oxygens (including phenoxy) is 1. The van der Waals surface area contributed by atoms with Crippen LogP contribution >= 0.6 is 0 Å². The summed E-state index contributed by atoms with van der Waals surface area (Å²) in [6, 6.07) is 16.8. The number of imidazole rings is 1. The highest BCUT2D eigenvalue weighted by atomic mass is 16.5. The highest BCUT2D eigenvalue weighted by Gasteiger charge is 2.61. The first kappa shape index (κ1) is 27.4. The Balaban J connectivity index is 1.05. The number of aromatic nitrogens is 5. The molecule has 3 saturated carbocycles. The molecule has 5 aromatic rings. The quantitative estimate of drug-likeness (QED) is 0.237. The van der Waals surface area contributed by atoms with Gasteiger partial charge in [0.25, 0.3) is 11.8 Å². The molecule has 47 heavy (non-hydrogen) atoms. The maximum absolute atomic E-state index is 14.0. The number of methoxy groups -OCH3 is 1. The van der Waals surface area contributed by atoms with Crippen molar-refractivity contribution < 1.29 is 14.3 Å². The number of rotatable bonds is 8. The number of fused-ring (bicyclic) bond motifs is 2. The average molecular weight is 628 g/mol. The van der Waals surface area contributed by atoms with Gasteiger partial charge in [-0.1, -0.05) is 18.2 Å². The van der Waals surface area contributed by atoms with Gasteiger partial charge in [0.05, 0.1) is 18.3 Å². The third-order valence-corrected chi connectivity index (χ3v) is 11.7. The van der Waals surface area contributed by atoms with Crippen LogP contribution in [0.5, 0.6) is 5.75 Å². The number of carbonyl (C=O) groups is 2. The van der Waals surface area contributed by atoms with Crippen LogP contribution in [0.3, 0.4) is 0 Å². The Labute approximate surface area is 272 Å². The number of nitrogens with zero attached hydrogens (tertiary/aromatic N) is 7. The second-order valence-electron chi connectivity index (χ2n) is 14.5. The van der Waals surface area contributed by atoms with Gasteiger partial charge in [-0.2, -0.15) is 0 Å². The Bertz CT molecular complexity index is 2080. The Morgan fingerprint density at radius 1 is 0.872 bits per heavy atom. The van der Waals surface area contributed by atoms with Crippen LogP contribution in [-0.4, -0.2) is 78.5 Å². The summed E-state index contributed by atoms with van der Waals surface area (Å²) in [5.74, 6) is 4.83. The van der Waals surface area contributed by atoms with E-state index in [1.807, 2.05) is 17.0 Å². The van der Waals surface area contributed by atoms with Crippen molar-refractivity contribution in [2.45, 2.75) is 44.8 Å². The molecule has 2 saturated heterocycles. The van der Waals surface area contributed by atoms with Crippen LogP contribution < -0.4 is 4.74 Å². The standard InChI is InChI=1S/C37H37N7O3/c1-47-31-15-25(36(45)43-20-26-11-24-14-29(43)32(24)26)12-27-33(31)44(19-22-16-41(17-22)37(46)34-38-9-4-10-39-34)35(40-27)30-13-23-5-2-3-6-28(23)42(30)18-21-7-8-21/h2-6,9-10,12-13,15,21-22,24,26,29,32H,7-8,11,14,16-20H2,1H3/t24?,26?,29?,32-/m1/s1. The van der Waals surface area contributed by atoms with E-state index >= 15 is 0 Å². The van der Waals surface area contributed by atoms with Crippen molar-refractivity contribution in [1.29, 1.82) is 0 Å². The Kier molecular flexibility index (Phi) is 5.90. The molecule has 2 aromatic carbocycles. The maximum Gasteiger partial charge on any atom is 0.291 e. The molecule has 4 atom stereocenters. The van der Waals surface area contributed by atoms with Crippen LogP contribution in [0.15, 0.2) is 60.9 Å². The zero-order valence-corrected chi connectivity index (χ0v) is 26.5. The van der Waals surface area contributed by atoms with E-state index < -0.39 is 0 Å². The van der Waals surface area contributed by atoms with Gasteiger partial charge in [-0.15, -0.1) is 0 Å². The van der Waals surface area contributed by atoms with E-state index in [0.29, 0.717) is 54.7 Å². The molecule has 10 rings (SSSR count). The summed E-state index contributed by atoms with van der Waals surface area (Å²) >= 11 is 0. The Hall–Kier alpha value is -4.73. The van der Waals surface area contributed by atoms with Gasteiger partial charge in [0, 0.05) is 73.5 Å². The number of likely N-dealkylation sites (tertiary alicyclic amines) is 2. The molecule has 2 aliphatic heterocycles. The summed E-state index contributed by atoms with van der Waals surface area (Å²) in [6.45, 7) is 3.71. The number of hydrogen-bond donors (Lipinski definition) is 0. The second-order valence-corrected chi connectivity index (χ2v) is 14.5. The fraction of sp³-hybridized carbons (Fsp3) is 0.432. The van der Waals surface area contributed by atoms with Gasteiger partial charge in [0.15, 0.2) is 5.82 Å². The van der Waals surface area contributed by atoms with Crippen molar-refractivity contribution in [3.8, 4) is 17.3 Å². The number of hydrogen-bond acceptors (Lipinski definition) is 6. The minimum Gasteiger partial charge on any atom is -0.494 e. The van der Waals surface area contributed by atoms with Crippen LogP contribution in [0.1, 0.15) is 46.7 Å². The third-order valence-electron chi connectivity index (χ3n) is 11.7. The van der Waals surface area contributed by atoms with E-state index in [2.05, 4.69) is 54.3 Å². The van der Waals surface area contributed by atoms with Crippen molar-refractivity contribution in [3.63, 3.8) is 0 Å². The maximum atomic E-state index is 14.0. The minimum atomic E-state index is -0.143. The van der Waals surface area contributed by atoms with E-state index in [-0.39, 0.29) is 23.6 Å². The fourth-order valence-electron chi connectivity index (χ4n) is 9.06. The third kappa shape index (κ3) is 4.19. The Morgan fingerprint density at radius 2 is 1.68 bits per heavy atom. The first-order chi connectivity index (χ1) is 23.0. The lowest BCUT2D eigenvalue weighted by Crippen LogP contribution is -2.53. The van der Waals surface area contributed by atoms with E-state index in [0.717, 1.165) is 48.0 Å². The lowest BCUT2D eigenvalue weighted by atomic mass is 9.53. The van der Waals surface area contributed by atoms with Crippen LogP contribution in [0.2, 0.25) is 0 Å². The summed E-state index contributed by atoms with van der Waals surface area (Å²) in [5, 5.41) is 1.19. The number of amides is 2. The van der Waals surface area contributed by atoms with Gasteiger partial charge in [0.2, 0.25) is 5.82 Å². The molecule has 5 fully saturated rings. The molecule has 0 radical (unpaired) electrons. The zero-order valence-electron chi connectivity index (χ0n) is 26.5. The zero-order chi connectivity index (χ0) is 31.4. The van der Waals surface area contributed by atoms with Gasteiger partial charge in [-0.3, -0.25) is 9.59 Å². The Morgan fingerprint density at radius 3 is 2.45 bits per heavy atom. The van der Waals surface area contributed by atoms with Crippen molar-refractivity contribution in [2.24, 2.45) is 29.6 Å². The highest BCUT2D eigenvalue weighted by Crippen LogP contribution is 2.60. The van der Waals surface area contributed by atoms with E-state index in [4.69, 9.17) is 9.72 Å². The van der Waals surface area contributed by atoms with Crippen LogP contribution in [-0.2, 0) is 13.1 Å². The number of carbonyl (C=O) groups excluding carboxylic acids is 2. The monoisotopic (exact) mass is 627 g/mol. The van der Waals surface area contributed by atoms with E-state index in [1.165, 1.54) is 30.2 Å². The number of para-hydroxylation sites is 1. The summed E-state index contributed by atoms with van der Waals surface area (Å²) in [5.41, 5.74) is 4.60. The number of benzene rings is 2. The molecule has 3 unspecified atom stereocenters. The van der Waals surface area contributed by atoms with Gasteiger partial charge in [-0.05, 0) is 79.7 Å². The van der Waals surface area contributed by atoms with Crippen LogP contribution in [0.4, 0.5) is 0 Å². The molecule has 5 aliphatic rings. The summed E-state index contributed by atoms with van der Waals surface area (Å²) in [7, 11) is 1.68. The van der Waals surface area contributed by atoms with Gasteiger partial charge < -0.3 is 23.7 Å². The van der Waals surface area contributed by atoms with Crippen LogP contribution in [0.25, 0.3) is 33.5 Å². The molecule has 0 spiro atoms.